The highest BCUT2D eigenvalue weighted by atomic mass is 32.2. The van der Waals surface area contributed by atoms with Crippen LogP contribution in [-0.4, -0.2) is 199 Å². The van der Waals surface area contributed by atoms with Crippen molar-refractivity contribution in [2.75, 3.05) is 66.2 Å². The Morgan fingerprint density at radius 2 is 0.670 bits per heavy atom. The van der Waals surface area contributed by atoms with Gasteiger partial charge >= 0.3 is 19.6 Å². The van der Waals surface area contributed by atoms with Crippen LogP contribution in [-0.2, 0) is 47.3 Å². The Labute approximate surface area is 547 Å². The van der Waals surface area contributed by atoms with E-state index >= 15 is 0 Å². The monoisotopic (exact) mass is 1320 g/mol. The highest BCUT2D eigenvalue weighted by molar-refractivity contribution is 7.94. The fourth-order valence-corrected chi connectivity index (χ4v) is 13.7. The molecule has 0 radical (unpaired) electrons. The zero-order valence-electron chi connectivity index (χ0n) is 66.4. The quantitative estimate of drug-likeness (QED) is 0.121. The highest BCUT2D eigenvalue weighted by Gasteiger charge is 2.44. The van der Waals surface area contributed by atoms with Crippen LogP contribution in [0.3, 0.4) is 0 Å². The van der Waals surface area contributed by atoms with Crippen LogP contribution in [0.5, 0.6) is 0 Å². The molecule has 0 aromatic rings. The van der Waals surface area contributed by atoms with E-state index < -0.39 is 54.1 Å². The number of hydrogen-bond donors (Lipinski definition) is 1. The van der Waals surface area contributed by atoms with E-state index in [2.05, 4.69) is 160 Å². The zero-order chi connectivity index (χ0) is 73.1. The number of phosphoric ester groups is 1. The van der Waals surface area contributed by atoms with Crippen molar-refractivity contribution in [3.8, 4) is 0 Å². The summed E-state index contributed by atoms with van der Waals surface area (Å²) >= 11 is 0. The van der Waals surface area contributed by atoms with Crippen molar-refractivity contribution >= 4 is 39.6 Å². The van der Waals surface area contributed by atoms with E-state index in [1.165, 1.54) is 26.2 Å². The molecule has 0 saturated carbocycles. The van der Waals surface area contributed by atoms with Crippen molar-refractivity contribution in [3.63, 3.8) is 0 Å². The van der Waals surface area contributed by atoms with Crippen molar-refractivity contribution in [1.82, 2.24) is 24.5 Å². The lowest BCUT2D eigenvalue weighted by Gasteiger charge is -2.51. The van der Waals surface area contributed by atoms with E-state index in [1.54, 1.807) is 114 Å². The fourth-order valence-electron chi connectivity index (χ4n) is 8.54. The summed E-state index contributed by atoms with van der Waals surface area (Å²) in [5.74, 6) is -0.709. The third kappa shape index (κ3) is 40.1. The number of nitrogens with zero attached hydrogens (tertiary/aromatic N) is 6. The molecule has 2 heterocycles. The van der Waals surface area contributed by atoms with E-state index in [9.17, 15) is 35.9 Å². The molecular weight excluding hydrogens is 1170 g/mol. The smallest absolute Gasteiger partial charge is 0.328 e. The summed E-state index contributed by atoms with van der Waals surface area (Å²) < 4.78 is 72.1. The van der Waals surface area contributed by atoms with Gasteiger partial charge in [-0.05, 0) is 282 Å². The molecule has 2 rings (SSSR count). The van der Waals surface area contributed by atoms with Gasteiger partial charge in [-0.3, -0.25) is 37.5 Å². The molecule has 1 N–H and O–H groups in total. The molecule has 0 aromatic carbocycles. The molecule has 2 aliphatic rings. The number of rotatable bonds is 4. The average Bonchev–Trinajstić information content (AvgIpc) is 3.15. The number of amides is 2. The van der Waals surface area contributed by atoms with Crippen molar-refractivity contribution in [2.24, 2.45) is 5.41 Å². The zero-order valence-corrected chi connectivity index (χ0v) is 69.0. The number of carbonyl (C=O) groups excluding carboxylic acids is 2. The predicted molar refractivity (Wildman–Crippen MR) is 378 cm³/mol. The summed E-state index contributed by atoms with van der Waals surface area (Å²) in [5.41, 5.74) is -0.965. The van der Waals surface area contributed by atoms with Crippen molar-refractivity contribution < 1.29 is 53.6 Å². The van der Waals surface area contributed by atoms with Gasteiger partial charge < -0.3 is 19.2 Å². The summed E-state index contributed by atoms with van der Waals surface area (Å²) in [5, 5.41) is 0. The van der Waals surface area contributed by atoms with Gasteiger partial charge in [-0.15, -0.1) is 0 Å². The minimum atomic E-state index is -3.94. The maximum Gasteiger partial charge on any atom is 0.473 e. The average molecular weight is 1320 g/mol. The number of phosphoric acid groups is 1. The first-order chi connectivity index (χ1) is 37.2. The summed E-state index contributed by atoms with van der Waals surface area (Å²) in [6, 6.07) is 0. The third-order valence-electron chi connectivity index (χ3n) is 14.8. The molecule has 2 fully saturated rings. The lowest BCUT2D eigenvalue weighted by Crippen LogP contribution is -2.64. The van der Waals surface area contributed by atoms with Gasteiger partial charge in [0.1, 0.15) is 0 Å². The Bertz CT molecular complexity index is 2210. The Morgan fingerprint density at radius 1 is 0.432 bits per heavy atom. The largest absolute Gasteiger partial charge is 0.473 e. The molecule has 2 aliphatic heterocycles. The second-order valence-electron chi connectivity index (χ2n) is 38.3. The van der Waals surface area contributed by atoms with Gasteiger partial charge in [0.2, 0.25) is 0 Å². The number of sulfone groups is 1. The van der Waals surface area contributed by atoms with Crippen molar-refractivity contribution in [3.05, 3.63) is 0 Å². The topological polar surface area (TPSA) is 184 Å². The maximum absolute atomic E-state index is 12.0. The molecule has 534 valence electrons. The molecule has 0 unspecified atom stereocenters. The normalized spacial score (nSPS) is 16.9. The first kappa shape index (κ1) is 95.4. The van der Waals surface area contributed by atoms with E-state index in [0.717, 1.165) is 4.48 Å². The number of piperazine rings is 2. The van der Waals surface area contributed by atoms with Crippen LogP contribution in [0.15, 0.2) is 0 Å². The SMILES string of the molecule is CC(C)(C)CS(=O)(=O)OC(C)(C)C.CC(C)(C)N1CCN(C(C)(C)C)C(=O)C1=O.CC(C)(C)N1CCN(C(C)(C)C)CC1.CC(C)(C)OP(=O)(O)OC(C)(C)C.CC(C)(C)S(=O)(=O)C(C)(C)C.CC(C)(C)[N+](C)(C)C(C)(C)C.CN(C(C)(C)C)C(C)(C)C. The van der Waals surface area contributed by atoms with E-state index in [0.29, 0.717) is 35.2 Å². The van der Waals surface area contributed by atoms with Crippen molar-refractivity contribution in [2.45, 2.75) is 361 Å². The minimum absolute atomic E-state index is 0.0528. The van der Waals surface area contributed by atoms with E-state index in [1.807, 2.05) is 62.3 Å². The summed E-state index contributed by atoms with van der Waals surface area (Å²) in [4.78, 5) is 44.1. The lowest BCUT2D eigenvalue weighted by molar-refractivity contribution is -0.977. The molecule has 0 atom stereocenters. The van der Waals surface area contributed by atoms with Crippen LogP contribution in [0.25, 0.3) is 0 Å². The molecule has 0 spiro atoms. The van der Waals surface area contributed by atoms with Gasteiger partial charge in [-0.25, -0.2) is 13.0 Å². The summed E-state index contributed by atoms with van der Waals surface area (Å²) in [6.45, 7) is 90.1. The Hall–Kier alpha value is -1.25. The minimum Gasteiger partial charge on any atom is -0.328 e. The van der Waals surface area contributed by atoms with E-state index in [-0.39, 0.29) is 45.1 Å². The first-order valence-corrected chi connectivity index (χ1v) is 36.4. The molecule has 88 heavy (non-hydrogen) atoms. The maximum atomic E-state index is 12.0. The first-order valence-electron chi connectivity index (χ1n) is 31.9. The number of hydrogen-bond acceptors (Lipinski definition) is 13. The molecular formula is C68H150N6O11PS2+. The fraction of sp³-hybridized carbons (Fsp3) is 0.971. The van der Waals surface area contributed by atoms with Crippen LogP contribution in [0, 0.1) is 5.41 Å². The van der Waals surface area contributed by atoms with Gasteiger partial charge in [-0.1, -0.05) is 20.8 Å². The van der Waals surface area contributed by atoms with Crippen LogP contribution in [0.1, 0.15) is 291 Å². The van der Waals surface area contributed by atoms with Gasteiger partial charge in [0, 0.05) is 72.5 Å². The molecule has 0 bridgehead atoms. The molecule has 17 nitrogen and oxygen atoms in total. The van der Waals surface area contributed by atoms with Crippen LogP contribution >= 0.6 is 7.82 Å². The molecule has 20 heteroatoms. The summed E-state index contributed by atoms with van der Waals surface area (Å²) in [6.07, 6.45) is 0. The Balaban J connectivity index is -0.000000306. The standard InChI is InChI=1S/C12H22N2O2.C12H26N2.C10H24N.C9H21N.C9H20O3S.C8H19O4P.C8H18O2S/c1-11(2,3)13-7-8-14(12(4,5)6)10(16)9(13)15;1-11(2,3)13-7-9-14(10-8-13)12(4,5)6;1-9(2,3)11(7,8)10(4,5)6;1-8(2,3)10(7)9(4,5)6;1-8(2,3)7-13(10,11)12-9(4,5)6;1-7(2,3)11-13(9,10)12-8(4,5)6;1-7(2,3)11(9,10)8(4,5)6/h7-8H2,1-6H3;7-10H2,1-6H3;1-8H3;1-7H3;7H2,1-6H3;1-6H3,(H,9,10);1-6H3/q;;+1;;;;. The number of quaternary nitrogens is 1. The molecule has 0 aliphatic carbocycles. The number of carbonyl (C=O) groups is 2. The molecule has 0 aromatic heterocycles. The van der Waals surface area contributed by atoms with Gasteiger partial charge in [0.05, 0.1) is 57.2 Å². The predicted octanol–water partition coefficient (Wildman–Crippen LogP) is 15.5. The Morgan fingerprint density at radius 3 is 0.784 bits per heavy atom. The second kappa shape index (κ2) is 32.5. The van der Waals surface area contributed by atoms with Crippen LogP contribution < -0.4 is 0 Å². The highest BCUT2D eigenvalue weighted by Crippen LogP contribution is 2.50. The van der Waals surface area contributed by atoms with E-state index in [4.69, 9.17) is 13.2 Å². The second-order valence-corrected chi connectivity index (χ2v) is 44.7. The molecule has 2 amide bonds. The van der Waals surface area contributed by atoms with Gasteiger partial charge in [0.15, 0.2) is 9.84 Å². The molecule has 2 saturated heterocycles. The van der Waals surface area contributed by atoms with Crippen molar-refractivity contribution in [1.29, 1.82) is 0 Å². The summed E-state index contributed by atoms with van der Waals surface area (Å²) in [7, 11) is -3.60. The van der Waals surface area contributed by atoms with Gasteiger partial charge in [-0.2, -0.15) is 8.42 Å². The van der Waals surface area contributed by atoms with Crippen LogP contribution in [0.4, 0.5) is 0 Å². The third-order valence-corrected chi connectivity index (χ3v) is 21.5. The lowest BCUT2D eigenvalue weighted by atomic mass is 9.93. The van der Waals surface area contributed by atoms with Crippen LogP contribution in [0.2, 0.25) is 0 Å². The van der Waals surface area contributed by atoms with Gasteiger partial charge in [0.25, 0.3) is 10.1 Å². The Kier molecular flexibility index (Phi) is 35.2.